The molecule has 110 valence electrons. The lowest BCUT2D eigenvalue weighted by Crippen LogP contribution is -2.37. The van der Waals surface area contributed by atoms with E-state index in [-0.39, 0.29) is 5.56 Å². The van der Waals surface area contributed by atoms with Crippen LogP contribution in [-0.4, -0.2) is 37.1 Å². The molecule has 1 aliphatic rings. The second kappa shape index (κ2) is 6.70. The highest BCUT2D eigenvalue weighted by Crippen LogP contribution is 2.18. The number of nitrogens with two attached hydrogens (primary N) is 1. The summed E-state index contributed by atoms with van der Waals surface area (Å²) in [5, 5.41) is 0. The molecule has 0 bridgehead atoms. The van der Waals surface area contributed by atoms with Crippen LogP contribution >= 0.6 is 0 Å². The zero-order chi connectivity index (χ0) is 14.5. The van der Waals surface area contributed by atoms with E-state index in [0.29, 0.717) is 18.3 Å². The zero-order valence-electron chi connectivity index (χ0n) is 11.8. The van der Waals surface area contributed by atoms with Gasteiger partial charge in [0.2, 0.25) is 0 Å². The van der Waals surface area contributed by atoms with Gasteiger partial charge in [0.05, 0.1) is 12.2 Å². The summed E-state index contributed by atoms with van der Waals surface area (Å²) >= 11 is 0. The van der Waals surface area contributed by atoms with Crippen LogP contribution in [0.25, 0.3) is 0 Å². The van der Waals surface area contributed by atoms with Crippen molar-refractivity contribution in [2.24, 2.45) is 0 Å². The second-order valence-electron chi connectivity index (χ2n) is 5.29. The Labute approximate surface area is 118 Å². The van der Waals surface area contributed by atoms with Crippen LogP contribution in [0, 0.1) is 5.82 Å². The molecule has 5 heteroatoms. The normalized spacial score (nSPS) is 19.8. The molecule has 0 spiro atoms. The maximum Gasteiger partial charge on any atom is 0.341 e. The maximum absolute atomic E-state index is 13.6. The minimum absolute atomic E-state index is 0.0591. The van der Waals surface area contributed by atoms with E-state index in [4.69, 9.17) is 10.5 Å². The van der Waals surface area contributed by atoms with Gasteiger partial charge in [0.25, 0.3) is 0 Å². The number of piperidine rings is 1. The van der Waals surface area contributed by atoms with Crippen LogP contribution in [0.5, 0.6) is 0 Å². The van der Waals surface area contributed by atoms with Gasteiger partial charge in [-0.3, -0.25) is 0 Å². The number of rotatable bonds is 4. The van der Waals surface area contributed by atoms with Crippen LogP contribution in [-0.2, 0) is 4.74 Å². The summed E-state index contributed by atoms with van der Waals surface area (Å²) in [5.74, 6) is -1.26. The monoisotopic (exact) mass is 280 g/mol. The molecule has 2 rings (SSSR count). The number of hydrogen-bond acceptors (Lipinski definition) is 4. The van der Waals surface area contributed by atoms with E-state index in [0.717, 1.165) is 25.5 Å². The van der Waals surface area contributed by atoms with Gasteiger partial charge in [-0.05, 0) is 51.1 Å². The summed E-state index contributed by atoms with van der Waals surface area (Å²) in [7, 11) is 2.09. The number of carbonyl (C=O) groups excluding carboxylic acids is 1. The Morgan fingerprint density at radius 1 is 1.50 bits per heavy atom. The smallest absolute Gasteiger partial charge is 0.341 e. The van der Waals surface area contributed by atoms with Gasteiger partial charge in [0.1, 0.15) is 5.82 Å². The Balaban J connectivity index is 1.83. The molecule has 4 nitrogen and oxygen atoms in total. The fourth-order valence-corrected chi connectivity index (χ4v) is 2.57. The third-order valence-corrected chi connectivity index (χ3v) is 3.82. The Morgan fingerprint density at radius 2 is 2.30 bits per heavy atom. The molecule has 1 aliphatic heterocycles. The van der Waals surface area contributed by atoms with Crippen molar-refractivity contribution >= 4 is 11.7 Å². The molecule has 1 atom stereocenters. The van der Waals surface area contributed by atoms with Crippen molar-refractivity contribution in [1.29, 1.82) is 0 Å². The molecular formula is C15H21FN2O2. The van der Waals surface area contributed by atoms with Crippen LogP contribution in [0.15, 0.2) is 18.2 Å². The molecule has 1 aromatic carbocycles. The van der Waals surface area contributed by atoms with E-state index in [2.05, 4.69) is 11.9 Å². The molecule has 0 radical (unpaired) electrons. The molecule has 1 heterocycles. The predicted octanol–water partition coefficient (Wildman–Crippen LogP) is 2.44. The fraction of sp³-hybridized carbons (Fsp3) is 0.533. The van der Waals surface area contributed by atoms with Crippen molar-refractivity contribution in [1.82, 2.24) is 4.90 Å². The first kappa shape index (κ1) is 14.8. The van der Waals surface area contributed by atoms with Crippen molar-refractivity contribution in [3.63, 3.8) is 0 Å². The summed E-state index contributed by atoms with van der Waals surface area (Å²) in [6.45, 7) is 1.41. The number of likely N-dealkylation sites (tertiary alicyclic amines) is 1. The largest absolute Gasteiger partial charge is 0.462 e. The number of ether oxygens (including phenoxy) is 1. The van der Waals surface area contributed by atoms with Crippen LogP contribution in [0.4, 0.5) is 10.1 Å². The van der Waals surface area contributed by atoms with E-state index in [1.54, 1.807) is 0 Å². The molecule has 1 aromatic rings. The molecule has 0 aromatic heterocycles. The van der Waals surface area contributed by atoms with Crippen molar-refractivity contribution in [2.45, 2.75) is 31.7 Å². The number of benzene rings is 1. The third kappa shape index (κ3) is 3.70. The van der Waals surface area contributed by atoms with E-state index >= 15 is 0 Å². The van der Waals surface area contributed by atoms with Gasteiger partial charge >= 0.3 is 5.97 Å². The predicted molar refractivity (Wildman–Crippen MR) is 76.0 cm³/mol. The van der Waals surface area contributed by atoms with Gasteiger partial charge in [-0.15, -0.1) is 0 Å². The fourth-order valence-electron chi connectivity index (χ4n) is 2.57. The average molecular weight is 280 g/mol. The number of carbonyl (C=O) groups is 1. The number of halogens is 1. The lowest BCUT2D eigenvalue weighted by Gasteiger charge is -2.32. The minimum Gasteiger partial charge on any atom is -0.462 e. The molecule has 1 saturated heterocycles. The van der Waals surface area contributed by atoms with Crippen LogP contribution < -0.4 is 5.73 Å². The van der Waals surface area contributed by atoms with Crippen LogP contribution in [0.3, 0.4) is 0 Å². The number of esters is 1. The Kier molecular flexibility index (Phi) is 4.95. The average Bonchev–Trinajstić information content (AvgIpc) is 2.40. The molecule has 0 aliphatic carbocycles. The molecule has 1 fully saturated rings. The van der Waals surface area contributed by atoms with Gasteiger partial charge in [-0.2, -0.15) is 0 Å². The Morgan fingerprint density at radius 3 is 3.00 bits per heavy atom. The summed E-state index contributed by atoms with van der Waals surface area (Å²) in [4.78, 5) is 14.1. The van der Waals surface area contributed by atoms with Crippen molar-refractivity contribution in [2.75, 3.05) is 25.9 Å². The maximum atomic E-state index is 13.6. The van der Waals surface area contributed by atoms with E-state index in [1.807, 2.05) is 0 Å². The second-order valence-corrected chi connectivity index (χ2v) is 5.29. The number of nitrogens with zero attached hydrogens (tertiary/aromatic N) is 1. The molecule has 20 heavy (non-hydrogen) atoms. The van der Waals surface area contributed by atoms with Gasteiger partial charge in [0, 0.05) is 11.7 Å². The first-order valence-electron chi connectivity index (χ1n) is 7.00. The highest BCUT2D eigenvalue weighted by atomic mass is 19.1. The molecule has 2 N–H and O–H groups in total. The first-order chi connectivity index (χ1) is 9.58. The summed E-state index contributed by atoms with van der Waals surface area (Å²) in [6.07, 6.45) is 4.36. The molecular weight excluding hydrogens is 259 g/mol. The van der Waals surface area contributed by atoms with E-state index in [1.165, 1.54) is 25.0 Å². The van der Waals surface area contributed by atoms with Crippen molar-refractivity contribution in [3.8, 4) is 0 Å². The molecule has 0 amide bonds. The van der Waals surface area contributed by atoms with E-state index in [9.17, 15) is 9.18 Å². The standard InChI is InChI=1S/C15H21FN2O2/c1-18-8-3-2-4-12(18)7-9-20-15(19)13-6-5-11(17)10-14(13)16/h5-6,10,12H,2-4,7-9,17H2,1H3. The highest BCUT2D eigenvalue weighted by Gasteiger charge is 2.19. The molecule has 1 unspecified atom stereocenters. The van der Waals surface area contributed by atoms with Gasteiger partial charge in [-0.25, -0.2) is 9.18 Å². The van der Waals surface area contributed by atoms with Gasteiger partial charge in [-0.1, -0.05) is 6.42 Å². The van der Waals surface area contributed by atoms with Crippen molar-refractivity contribution < 1.29 is 13.9 Å². The van der Waals surface area contributed by atoms with Crippen molar-refractivity contribution in [3.05, 3.63) is 29.6 Å². The third-order valence-electron chi connectivity index (χ3n) is 3.82. The quantitative estimate of drug-likeness (QED) is 0.680. The van der Waals surface area contributed by atoms with Gasteiger partial charge < -0.3 is 15.4 Å². The number of hydrogen-bond donors (Lipinski definition) is 1. The number of anilines is 1. The lowest BCUT2D eigenvalue weighted by atomic mass is 10.0. The Hall–Kier alpha value is -1.62. The SMILES string of the molecule is CN1CCCCC1CCOC(=O)c1ccc(N)cc1F. The first-order valence-corrected chi connectivity index (χ1v) is 7.00. The summed E-state index contributed by atoms with van der Waals surface area (Å²) < 4.78 is 18.7. The minimum atomic E-state index is -0.634. The Bertz CT molecular complexity index is 479. The lowest BCUT2D eigenvalue weighted by molar-refractivity contribution is 0.0445. The summed E-state index contributed by atoms with van der Waals surface area (Å²) in [5.41, 5.74) is 5.68. The van der Waals surface area contributed by atoms with Gasteiger partial charge in [0.15, 0.2) is 0 Å². The zero-order valence-corrected chi connectivity index (χ0v) is 11.8. The van der Waals surface area contributed by atoms with Crippen LogP contribution in [0.2, 0.25) is 0 Å². The number of nitrogen functional groups attached to an aromatic ring is 1. The summed E-state index contributed by atoms with van der Waals surface area (Å²) in [6, 6.07) is 4.44. The highest BCUT2D eigenvalue weighted by molar-refractivity contribution is 5.90. The van der Waals surface area contributed by atoms with Crippen LogP contribution in [0.1, 0.15) is 36.0 Å². The topological polar surface area (TPSA) is 55.6 Å². The van der Waals surface area contributed by atoms with E-state index < -0.39 is 11.8 Å². The molecule has 0 saturated carbocycles.